The molecule has 1 rings (SSSR count). The molecule has 0 saturated carbocycles. The van der Waals surface area contributed by atoms with Crippen LogP contribution in [-0.4, -0.2) is 30.7 Å². The average molecular weight is 115 g/mol. The van der Waals surface area contributed by atoms with Crippen molar-refractivity contribution in [3.63, 3.8) is 0 Å². The van der Waals surface area contributed by atoms with Crippen LogP contribution in [0.25, 0.3) is 0 Å². The zero-order valence-electron chi connectivity index (χ0n) is 4.55. The zero-order valence-corrected chi connectivity index (χ0v) is 4.55. The van der Waals surface area contributed by atoms with Gasteiger partial charge in [-0.1, -0.05) is 0 Å². The zero-order chi connectivity index (χ0) is 5.98. The Hall–Kier alpha value is -0.770. The Labute approximate surface area is 47.6 Å². The first-order valence-electron chi connectivity index (χ1n) is 2.56. The number of nitrogens with two attached hydrogens (primary N) is 1. The van der Waals surface area contributed by atoms with Gasteiger partial charge in [0.25, 0.3) is 0 Å². The lowest BCUT2D eigenvalue weighted by Gasteiger charge is -2.08. The molecule has 0 spiro atoms. The van der Waals surface area contributed by atoms with Gasteiger partial charge in [0.05, 0.1) is 6.67 Å². The summed E-state index contributed by atoms with van der Waals surface area (Å²) in [6.07, 6.45) is 0. The maximum absolute atomic E-state index is 10.3. The number of carbonyl (C=O) groups excluding carboxylic acids is 1. The summed E-state index contributed by atoms with van der Waals surface area (Å²) in [6, 6.07) is -0.338. The van der Waals surface area contributed by atoms with Crippen LogP contribution in [0.3, 0.4) is 0 Å². The van der Waals surface area contributed by atoms with Crippen molar-refractivity contribution in [3.05, 3.63) is 0 Å². The number of nitrogens with zero attached hydrogens (tertiary/aromatic N) is 1. The third kappa shape index (κ3) is 0.894. The maximum atomic E-state index is 10.3. The Morgan fingerprint density at radius 1 is 1.75 bits per heavy atom. The molecule has 0 aromatic heterocycles. The van der Waals surface area contributed by atoms with Crippen molar-refractivity contribution in [2.45, 2.75) is 0 Å². The highest BCUT2D eigenvalue weighted by Crippen LogP contribution is 1.88. The third-order valence-corrected chi connectivity index (χ3v) is 1.17. The number of amides is 2. The number of nitrogens with one attached hydrogen (secondary N) is 1. The van der Waals surface area contributed by atoms with E-state index in [0.717, 1.165) is 13.1 Å². The van der Waals surface area contributed by atoms with E-state index in [-0.39, 0.29) is 6.03 Å². The lowest BCUT2D eigenvalue weighted by Crippen LogP contribution is -2.34. The smallest absolute Gasteiger partial charge is 0.315 e. The van der Waals surface area contributed by atoms with Gasteiger partial charge in [0.1, 0.15) is 0 Å². The van der Waals surface area contributed by atoms with Gasteiger partial charge in [-0.3, -0.25) is 5.32 Å². The van der Waals surface area contributed by atoms with Crippen molar-refractivity contribution in [2.75, 3.05) is 19.8 Å². The van der Waals surface area contributed by atoms with Crippen molar-refractivity contribution >= 4 is 6.03 Å². The summed E-state index contributed by atoms with van der Waals surface area (Å²) in [5, 5.41) is 2.98. The fourth-order valence-electron chi connectivity index (χ4n) is 0.695. The Morgan fingerprint density at radius 3 is 2.75 bits per heavy atom. The van der Waals surface area contributed by atoms with Crippen molar-refractivity contribution in [3.8, 4) is 0 Å². The van der Waals surface area contributed by atoms with Gasteiger partial charge >= 0.3 is 6.03 Å². The summed E-state index contributed by atoms with van der Waals surface area (Å²) in [6.45, 7) is 2.22. The highest BCUT2D eigenvalue weighted by molar-refractivity contribution is 5.72. The molecule has 4 nitrogen and oxygen atoms in total. The average Bonchev–Trinajstić information content (AvgIpc) is 2.12. The first kappa shape index (κ1) is 5.37. The van der Waals surface area contributed by atoms with Crippen LogP contribution in [0.4, 0.5) is 4.79 Å². The maximum Gasteiger partial charge on any atom is 0.315 e. The summed E-state index contributed by atoms with van der Waals surface area (Å²) in [5.74, 6) is 0. The molecular weight excluding hydrogens is 106 g/mol. The minimum atomic E-state index is -0.338. The molecule has 1 heterocycles. The van der Waals surface area contributed by atoms with Crippen molar-refractivity contribution in [1.82, 2.24) is 10.2 Å². The second-order valence-corrected chi connectivity index (χ2v) is 1.76. The van der Waals surface area contributed by atoms with E-state index in [1.54, 1.807) is 4.90 Å². The van der Waals surface area contributed by atoms with Gasteiger partial charge in [-0.15, -0.1) is 0 Å². The van der Waals surface area contributed by atoms with Crippen LogP contribution in [0.2, 0.25) is 0 Å². The van der Waals surface area contributed by atoms with Crippen molar-refractivity contribution in [1.29, 1.82) is 0 Å². The van der Waals surface area contributed by atoms with Gasteiger partial charge < -0.3 is 10.6 Å². The fraction of sp³-hybridized carbons (Fsp3) is 0.750. The van der Waals surface area contributed by atoms with E-state index >= 15 is 0 Å². The monoisotopic (exact) mass is 115 g/mol. The molecule has 4 heteroatoms. The molecular formula is C4H9N3O. The summed E-state index contributed by atoms with van der Waals surface area (Å²) >= 11 is 0. The molecule has 46 valence electrons. The Bertz CT molecular complexity index is 97.5. The first-order chi connectivity index (χ1) is 3.80. The number of primary amides is 1. The molecule has 0 bridgehead atoms. The molecule has 0 aromatic carbocycles. The molecule has 0 radical (unpaired) electrons. The molecule has 1 aliphatic rings. The van der Waals surface area contributed by atoms with E-state index in [9.17, 15) is 4.79 Å². The molecule has 0 aromatic rings. The van der Waals surface area contributed by atoms with Gasteiger partial charge in [-0.2, -0.15) is 0 Å². The summed E-state index contributed by atoms with van der Waals surface area (Å²) in [7, 11) is 0. The van der Waals surface area contributed by atoms with Crippen LogP contribution in [0.1, 0.15) is 0 Å². The number of hydrogen-bond acceptors (Lipinski definition) is 2. The first-order valence-corrected chi connectivity index (χ1v) is 2.56. The van der Waals surface area contributed by atoms with E-state index in [4.69, 9.17) is 5.73 Å². The topological polar surface area (TPSA) is 58.4 Å². The van der Waals surface area contributed by atoms with Gasteiger partial charge in [-0.05, 0) is 0 Å². The largest absolute Gasteiger partial charge is 0.351 e. The quantitative estimate of drug-likeness (QED) is 0.422. The number of urea groups is 1. The fourth-order valence-corrected chi connectivity index (χ4v) is 0.695. The van der Waals surface area contributed by atoms with Crippen LogP contribution >= 0.6 is 0 Å². The van der Waals surface area contributed by atoms with Gasteiger partial charge in [0.2, 0.25) is 0 Å². The number of hydrogen-bond donors (Lipinski definition) is 2. The molecule has 1 aliphatic heterocycles. The number of rotatable bonds is 0. The SMILES string of the molecule is NC(=O)N1CCNC1. The minimum Gasteiger partial charge on any atom is -0.351 e. The molecule has 1 fully saturated rings. The molecule has 0 atom stereocenters. The highest BCUT2D eigenvalue weighted by atomic mass is 16.2. The highest BCUT2D eigenvalue weighted by Gasteiger charge is 2.12. The predicted molar refractivity (Wildman–Crippen MR) is 29.2 cm³/mol. The van der Waals surface area contributed by atoms with Crippen molar-refractivity contribution in [2.24, 2.45) is 5.73 Å². The van der Waals surface area contributed by atoms with Gasteiger partial charge in [0, 0.05) is 13.1 Å². The second kappa shape index (κ2) is 2.00. The Kier molecular flexibility index (Phi) is 1.34. The van der Waals surface area contributed by atoms with E-state index in [0.29, 0.717) is 6.67 Å². The molecule has 0 aliphatic carbocycles. The summed E-state index contributed by atoms with van der Waals surface area (Å²) < 4.78 is 0. The summed E-state index contributed by atoms with van der Waals surface area (Å²) in [5.41, 5.74) is 4.94. The molecule has 1 saturated heterocycles. The molecule has 0 unspecified atom stereocenters. The van der Waals surface area contributed by atoms with Crippen molar-refractivity contribution < 1.29 is 4.79 Å². The molecule has 2 amide bonds. The van der Waals surface area contributed by atoms with Gasteiger partial charge in [0.15, 0.2) is 0 Å². The second-order valence-electron chi connectivity index (χ2n) is 1.76. The van der Waals surface area contributed by atoms with Crippen LogP contribution in [0, 0.1) is 0 Å². The van der Waals surface area contributed by atoms with Crippen LogP contribution in [0.5, 0.6) is 0 Å². The van der Waals surface area contributed by atoms with Crippen LogP contribution < -0.4 is 11.1 Å². The van der Waals surface area contributed by atoms with Crippen LogP contribution in [0.15, 0.2) is 0 Å². The Morgan fingerprint density at radius 2 is 2.50 bits per heavy atom. The van der Waals surface area contributed by atoms with Crippen LogP contribution in [-0.2, 0) is 0 Å². The lowest BCUT2D eigenvalue weighted by atomic mass is 10.6. The predicted octanol–water partition coefficient (Wildman–Crippen LogP) is -1.07. The van der Waals surface area contributed by atoms with E-state index in [1.165, 1.54) is 0 Å². The Balaban J connectivity index is 2.35. The third-order valence-electron chi connectivity index (χ3n) is 1.17. The summed E-state index contributed by atoms with van der Waals surface area (Å²) in [4.78, 5) is 11.9. The van der Waals surface area contributed by atoms with E-state index in [2.05, 4.69) is 5.32 Å². The lowest BCUT2D eigenvalue weighted by molar-refractivity contribution is 0.218. The van der Waals surface area contributed by atoms with E-state index in [1.807, 2.05) is 0 Å². The molecule has 8 heavy (non-hydrogen) atoms. The normalized spacial score (nSPS) is 19.2. The minimum absolute atomic E-state index is 0.338. The van der Waals surface area contributed by atoms with E-state index < -0.39 is 0 Å². The standard InChI is InChI=1S/C4H9N3O/c5-4(8)7-2-1-6-3-7/h6H,1-3H2,(H2,5,8). The van der Waals surface area contributed by atoms with Gasteiger partial charge in [-0.25, -0.2) is 4.79 Å². The number of carbonyl (C=O) groups is 1. The molecule has 3 N–H and O–H groups in total.